The highest BCUT2D eigenvalue weighted by Crippen LogP contribution is 2.36. The van der Waals surface area contributed by atoms with Crippen molar-refractivity contribution < 1.29 is 9.90 Å². The van der Waals surface area contributed by atoms with Crippen LogP contribution in [0, 0.1) is 0 Å². The molecule has 0 aliphatic carbocycles. The topological polar surface area (TPSA) is 52.6 Å². The van der Waals surface area contributed by atoms with Crippen LogP contribution >= 0.6 is 11.8 Å². The van der Waals surface area contributed by atoms with E-state index in [1.54, 1.807) is 0 Å². The van der Waals surface area contributed by atoms with Crippen molar-refractivity contribution in [1.82, 2.24) is 10.2 Å². The van der Waals surface area contributed by atoms with Crippen LogP contribution in [0.1, 0.15) is 19.3 Å². The summed E-state index contributed by atoms with van der Waals surface area (Å²) < 4.78 is 0. The number of carboxylic acids is 1. The van der Waals surface area contributed by atoms with Gasteiger partial charge in [-0.1, -0.05) is 0 Å². The maximum atomic E-state index is 11.0. The monoisotopic (exact) mass is 230 g/mol. The smallest absolute Gasteiger partial charge is 0.320 e. The Balaban J connectivity index is 2.04. The molecule has 2 unspecified atom stereocenters. The molecule has 2 rings (SSSR count). The molecule has 1 spiro atoms. The summed E-state index contributed by atoms with van der Waals surface area (Å²) in [6.07, 6.45) is 2.99. The number of piperidine rings is 1. The Kier molecular flexibility index (Phi) is 3.23. The summed E-state index contributed by atoms with van der Waals surface area (Å²) in [5, 5.41) is 12.4. The minimum Gasteiger partial charge on any atom is -0.480 e. The van der Waals surface area contributed by atoms with Crippen LogP contribution in [0.4, 0.5) is 0 Å². The van der Waals surface area contributed by atoms with Gasteiger partial charge in [-0.2, -0.15) is 0 Å². The number of thioether (sulfide) groups is 1. The maximum absolute atomic E-state index is 11.0. The lowest BCUT2D eigenvalue weighted by atomic mass is 10.0. The van der Waals surface area contributed by atoms with E-state index < -0.39 is 5.97 Å². The maximum Gasteiger partial charge on any atom is 0.320 e. The normalized spacial score (nSPS) is 38.1. The number of nitrogens with zero attached hydrogens (tertiary/aromatic N) is 1. The molecule has 0 aromatic rings. The summed E-state index contributed by atoms with van der Waals surface area (Å²) in [7, 11) is 2.10. The summed E-state index contributed by atoms with van der Waals surface area (Å²) in [4.78, 5) is 13.3. The Morgan fingerprint density at radius 1 is 1.67 bits per heavy atom. The van der Waals surface area contributed by atoms with Gasteiger partial charge >= 0.3 is 5.97 Å². The summed E-state index contributed by atoms with van der Waals surface area (Å²) in [6, 6.07) is -0.349. The van der Waals surface area contributed by atoms with E-state index in [1.807, 2.05) is 11.8 Å². The Hall–Kier alpha value is -0.260. The summed E-state index contributed by atoms with van der Waals surface area (Å²) in [6.45, 7) is 2.09. The second-order valence-electron chi connectivity index (χ2n) is 4.51. The number of aliphatic carboxylic acids is 1. The Labute approximate surface area is 94.4 Å². The lowest BCUT2D eigenvalue weighted by Gasteiger charge is -2.45. The summed E-state index contributed by atoms with van der Waals surface area (Å²) in [5.74, 6) is 0.251. The lowest BCUT2D eigenvalue weighted by molar-refractivity contribution is -0.140. The SMILES string of the molecule is CN1CCCC2(C1)NC(C(=O)O)CCS2. The van der Waals surface area contributed by atoms with Crippen LogP contribution in [0.5, 0.6) is 0 Å². The fraction of sp³-hybridized carbons (Fsp3) is 0.900. The van der Waals surface area contributed by atoms with E-state index in [0.29, 0.717) is 0 Å². The van der Waals surface area contributed by atoms with E-state index in [0.717, 1.165) is 38.1 Å². The van der Waals surface area contributed by atoms with Gasteiger partial charge in [0.2, 0.25) is 0 Å². The summed E-state index contributed by atoms with van der Waals surface area (Å²) >= 11 is 1.90. The number of hydrogen-bond donors (Lipinski definition) is 2. The Morgan fingerprint density at radius 2 is 2.47 bits per heavy atom. The molecule has 2 aliphatic heterocycles. The van der Waals surface area contributed by atoms with Crippen LogP contribution < -0.4 is 5.32 Å². The van der Waals surface area contributed by atoms with Gasteiger partial charge in [-0.05, 0) is 38.6 Å². The molecule has 4 nitrogen and oxygen atoms in total. The van der Waals surface area contributed by atoms with Gasteiger partial charge in [-0.3, -0.25) is 10.1 Å². The zero-order valence-electron chi connectivity index (χ0n) is 9.03. The van der Waals surface area contributed by atoms with Gasteiger partial charge in [0.05, 0.1) is 4.87 Å². The van der Waals surface area contributed by atoms with E-state index >= 15 is 0 Å². The van der Waals surface area contributed by atoms with E-state index in [-0.39, 0.29) is 10.9 Å². The molecular formula is C10H18N2O2S. The zero-order chi connectivity index (χ0) is 10.9. The molecule has 2 fully saturated rings. The molecule has 0 aromatic heterocycles. The van der Waals surface area contributed by atoms with Crippen LogP contribution in [-0.2, 0) is 4.79 Å². The minimum atomic E-state index is -0.706. The minimum absolute atomic E-state index is 0.00565. The first-order valence-electron chi connectivity index (χ1n) is 5.44. The van der Waals surface area contributed by atoms with Gasteiger partial charge in [-0.15, -0.1) is 11.8 Å². The van der Waals surface area contributed by atoms with Gasteiger partial charge in [0.1, 0.15) is 6.04 Å². The van der Waals surface area contributed by atoms with Crippen molar-refractivity contribution in [3.05, 3.63) is 0 Å². The predicted octanol–water partition coefficient (Wildman–Crippen LogP) is 0.588. The Bertz CT molecular complexity index is 258. The largest absolute Gasteiger partial charge is 0.480 e. The number of hydrogen-bond acceptors (Lipinski definition) is 4. The lowest BCUT2D eigenvalue weighted by Crippen LogP contribution is -2.61. The molecule has 2 N–H and O–H groups in total. The van der Waals surface area contributed by atoms with E-state index in [1.165, 1.54) is 0 Å². The third kappa shape index (κ3) is 2.46. The second kappa shape index (κ2) is 4.31. The predicted molar refractivity (Wildman–Crippen MR) is 61.1 cm³/mol. The van der Waals surface area contributed by atoms with Crippen molar-refractivity contribution in [2.75, 3.05) is 25.9 Å². The number of likely N-dealkylation sites (tertiary alicyclic amines) is 1. The molecule has 2 saturated heterocycles. The van der Waals surface area contributed by atoms with E-state index in [2.05, 4.69) is 17.3 Å². The van der Waals surface area contributed by atoms with Gasteiger partial charge in [0, 0.05) is 6.54 Å². The molecule has 2 atom stereocenters. The fourth-order valence-electron chi connectivity index (χ4n) is 2.45. The molecule has 0 saturated carbocycles. The molecule has 86 valence electrons. The van der Waals surface area contributed by atoms with Crippen LogP contribution in [0.2, 0.25) is 0 Å². The quantitative estimate of drug-likeness (QED) is 0.690. The van der Waals surface area contributed by atoms with Crippen LogP contribution in [0.25, 0.3) is 0 Å². The molecule has 5 heteroatoms. The second-order valence-corrected chi connectivity index (χ2v) is 5.99. The molecule has 0 aromatic carbocycles. The molecule has 0 radical (unpaired) electrons. The van der Waals surface area contributed by atoms with E-state index in [4.69, 9.17) is 5.11 Å². The van der Waals surface area contributed by atoms with Crippen molar-refractivity contribution in [3.63, 3.8) is 0 Å². The first-order chi connectivity index (χ1) is 7.11. The summed E-state index contributed by atoms with van der Waals surface area (Å²) in [5.41, 5.74) is 0. The number of carbonyl (C=O) groups is 1. The number of carboxylic acid groups (broad SMARTS) is 1. The van der Waals surface area contributed by atoms with Gasteiger partial charge in [0.25, 0.3) is 0 Å². The first kappa shape index (κ1) is 11.2. The standard InChI is InChI=1S/C10H18N2O2S/c1-12-5-2-4-10(7-12)11-8(9(13)14)3-6-15-10/h8,11H,2-7H2,1H3,(H,13,14). The van der Waals surface area contributed by atoms with Crippen molar-refractivity contribution in [2.45, 2.75) is 30.2 Å². The van der Waals surface area contributed by atoms with Crippen LogP contribution in [-0.4, -0.2) is 52.8 Å². The van der Waals surface area contributed by atoms with Gasteiger partial charge in [-0.25, -0.2) is 0 Å². The Morgan fingerprint density at radius 3 is 3.13 bits per heavy atom. The zero-order valence-corrected chi connectivity index (χ0v) is 9.85. The van der Waals surface area contributed by atoms with Crippen molar-refractivity contribution >= 4 is 17.7 Å². The first-order valence-corrected chi connectivity index (χ1v) is 6.43. The number of likely N-dealkylation sites (N-methyl/N-ethyl adjacent to an activating group) is 1. The van der Waals surface area contributed by atoms with Crippen molar-refractivity contribution in [2.24, 2.45) is 0 Å². The molecule has 2 heterocycles. The van der Waals surface area contributed by atoms with Crippen molar-refractivity contribution in [1.29, 1.82) is 0 Å². The molecular weight excluding hydrogens is 212 g/mol. The third-order valence-corrected chi connectivity index (χ3v) is 4.61. The number of rotatable bonds is 1. The van der Waals surface area contributed by atoms with Crippen LogP contribution in [0.3, 0.4) is 0 Å². The van der Waals surface area contributed by atoms with E-state index in [9.17, 15) is 4.79 Å². The van der Waals surface area contributed by atoms with Crippen LogP contribution in [0.15, 0.2) is 0 Å². The average Bonchev–Trinajstić information content (AvgIpc) is 2.17. The molecule has 2 aliphatic rings. The van der Waals surface area contributed by atoms with Gasteiger partial charge < -0.3 is 10.0 Å². The number of nitrogens with one attached hydrogen (secondary N) is 1. The highest BCUT2D eigenvalue weighted by Gasteiger charge is 2.41. The van der Waals surface area contributed by atoms with Crippen molar-refractivity contribution in [3.8, 4) is 0 Å². The third-order valence-electron chi connectivity index (χ3n) is 3.17. The van der Waals surface area contributed by atoms with Gasteiger partial charge in [0.15, 0.2) is 0 Å². The highest BCUT2D eigenvalue weighted by atomic mass is 32.2. The molecule has 0 bridgehead atoms. The molecule has 0 amide bonds. The fourth-order valence-corrected chi connectivity index (χ4v) is 4.02. The molecule has 15 heavy (non-hydrogen) atoms. The highest BCUT2D eigenvalue weighted by molar-refractivity contribution is 8.00. The average molecular weight is 230 g/mol.